The van der Waals surface area contributed by atoms with Crippen LogP contribution in [0.15, 0.2) is 36.4 Å². The lowest BCUT2D eigenvalue weighted by Gasteiger charge is -2.20. The molecule has 0 unspecified atom stereocenters. The van der Waals surface area contributed by atoms with Gasteiger partial charge in [-0.2, -0.15) is 0 Å². The first-order valence-corrected chi connectivity index (χ1v) is 9.47. The molecule has 2 aromatic carbocycles. The highest BCUT2D eigenvalue weighted by atomic mass is 32.2. The van der Waals surface area contributed by atoms with Crippen LogP contribution in [0, 0.1) is 24.0 Å². The highest BCUT2D eigenvalue weighted by Gasteiger charge is 2.19. The van der Waals surface area contributed by atoms with Crippen LogP contribution in [0.5, 0.6) is 0 Å². The van der Waals surface area contributed by atoms with Crippen LogP contribution in [-0.2, 0) is 10.0 Å². The molecule has 138 valence electrons. The Labute approximate surface area is 151 Å². The number of aryl methyl sites for hydroxylation is 1. The minimum Gasteiger partial charge on any atom is -0.321 e. The van der Waals surface area contributed by atoms with E-state index in [2.05, 4.69) is 5.32 Å². The van der Waals surface area contributed by atoms with Gasteiger partial charge in [0.2, 0.25) is 10.0 Å². The summed E-state index contributed by atoms with van der Waals surface area (Å²) in [6.45, 7) is 3.37. The number of carbonyl (C=O) groups is 1. The van der Waals surface area contributed by atoms with Crippen LogP contribution < -0.4 is 9.62 Å². The fourth-order valence-electron chi connectivity index (χ4n) is 2.44. The summed E-state index contributed by atoms with van der Waals surface area (Å²) < 4.78 is 24.6. The van der Waals surface area contributed by atoms with Gasteiger partial charge in [-0.15, -0.1) is 0 Å². The van der Waals surface area contributed by atoms with Crippen LogP contribution in [0.1, 0.15) is 21.5 Å². The third-order valence-electron chi connectivity index (χ3n) is 4.07. The Morgan fingerprint density at radius 3 is 2.42 bits per heavy atom. The van der Waals surface area contributed by atoms with Crippen LogP contribution >= 0.6 is 0 Å². The number of nitro benzene ring substituents is 1. The number of hydrogen-bond acceptors (Lipinski definition) is 5. The SMILES string of the molecule is Cc1ccc([N+](=O)[O-])cc1NC(=O)c1cccc(N(C)S(C)(=O)=O)c1C. The zero-order valence-corrected chi connectivity index (χ0v) is 15.6. The van der Waals surface area contributed by atoms with Gasteiger partial charge in [-0.1, -0.05) is 12.1 Å². The van der Waals surface area contributed by atoms with E-state index in [1.807, 2.05) is 0 Å². The summed E-state index contributed by atoms with van der Waals surface area (Å²) in [6, 6.07) is 8.95. The van der Waals surface area contributed by atoms with Gasteiger partial charge < -0.3 is 5.32 Å². The van der Waals surface area contributed by atoms with E-state index in [4.69, 9.17) is 0 Å². The van der Waals surface area contributed by atoms with E-state index in [9.17, 15) is 23.3 Å². The normalized spacial score (nSPS) is 11.1. The number of nitrogens with zero attached hydrogens (tertiary/aromatic N) is 2. The monoisotopic (exact) mass is 377 g/mol. The van der Waals surface area contributed by atoms with Crippen molar-refractivity contribution in [1.82, 2.24) is 0 Å². The molecule has 2 rings (SSSR count). The first-order valence-electron chi connectivity index (χ1n) is 7.62. The zero-order valence-electron chi connectivity index (χ0n) is 14.8. The quantitative estimate of drug-likeness (QED) is 0.636. The van der Waals surface area contributed by atoms with E-state index < -0.39 is 20.9 Å². The van der Waals surface area contributed by atoms with Crippen molar-refractivity contribution in [1.29, 1.82) is 0 Å². The molecule has 0 aliphatic rings. The summed E-state index contributed by atoms with van der Waals surface area (Å²) in [4.78, 5) is 23.0. The Morgan fingerprint density at radius 1 is 1.19 bits per heavy atom. The Kier molecular flexibility index (Phi) is 5.31. The Bertz CT molecular complexity index is 986. The minimum atomic E-state index is -3.47. The average Bonchev–Trinajstić information content (AvgIpc) is 2.55. The third-order valence-corrected chi connectivity index (χ3v) is 5.26. The molecule has 0 saturated carbocycles. The molecule has 0 saturated heterocycles. The Balaban J connectivity index is 2.40. The maximum atomic E-state index is 12.6. The lowest BCUT2D eigenvalue weighted by atomic mass is 10.1. The molecule has 0 aliphatic carbocycles. The average molecular weight is 377 g/mol. The molecule has 0 radical (unpaired) electrons. The van der Waals surface area contributed by atoms with Crippen molar-refractivity contribution in [3.05, 3.63) is 63.2 Å². The van der Waals surface area contributed by atoms with Gasteiger partial charge in [-0.3, -0.25) is 19.2 Å². The fraction of sp³-hybridized carbons (Fsp3) is 0.235. The van der Waals surface area contributed by atoms with Crippen LogP contribution in [0.25, 0.3) is 0 Å². The van der Waals surface area contributed by atoms with E-state index in [1.54, 1.807) is 38.1 Å². The van der Waals surface area contributed by atoms with Crippen molar-refractivity contribution in [3.63, 3.8) is 0 Å². The van der Waals surface area contributed by atoms with Crippen molar-refractivity contribution in [2.45, 2.75) is 13.8 Å². The number of sulfonamides is 1. The number of hydrogen-bond donors (Lipinski definition) is 1. The number of rotatable bonds is 5. The number of anilines is 2. The summed E-state index contributed by atoms with van der Waals surface area (Å²) in [5, 5.41) is 13.6. The van der Waals surface area contributed by atoms with E-state index in [1.165, 1.54) is 19.2 Å². The summed E-state index contributed by atoms with van der Waals surface area (Å²) >= 11 is 0. The summed E-state index contributed by atoms with van der Waals surface area (Å²) in [6.07, 6.45) is 1.08. The third kappa shape index (κ3) is 3.99. The van der Waals surface area contributed by atoms with Gasteiger partial charge in [-0.25, -0.2) is 8.42 Å². The van der Waals surface area contributed by atoms with Crippen molar-refractivity contribution in [3.8, 4) is 0 Å². The molecule has 2 aromatic rings. The molecule has 0 aromatic heterocycles. The number of benzene rings is 2. The van der Waals surface area contributed by atoms with E-state index in [0.717, 1.165) is 10.6 Å². The first kappa shape index (κ1) is 19.4. The van der Waals surface area contributed by atoms with Crippen LogP contribution in [-0.4, -0.2) is 32.6 Å². The molecule has 26 heavy (non-hydrogen) atoms. The van der Waals surface area contributed by atoms with Crippen molar-refractivity contribution in [2.75, 3.05) is 22.9 Å². The van der Waals surface area contributed by atoms with Gasteiger partial charge in [-0.05, 0) is 37.1 Å². The smallest absolute Gasteiger partial charge is 0.271 e. The molecule has 1 N–H and O–H groups in total. The molecule has 0 heterocycles. The van der Waals surface area contributed by atoms with E-state index in [0.29, 0.717) is 22.5 Å². The number of carbonyl (C=O) groups excluding carboxylic acids is 1. The van der Waals surface area contributed by atoms with Gasteiger partial charge in [0.25, 0.3) is 11.6 Å². The first-order chi connectivity index (χ1) is 12.0. The molecular weight excluding hydrogens is 358 g/mol. The van der Waals surface area contributed by atoms with Gasteiger partial charge >= 0.3 is 0 Å². The molecular formula is C17H19N3O5S. The molecule has 0 spiro atoms. The van der Waals surface area contributed by atoms with Crippen LogP contribution in [0.2, 0.25) is 0 Å². The minimum absolute atomic E-state index is 0.131. The predicted octanol–water partition coefficient (Wildman–Crippen LogP) is 2.86. The van der Waals surface area contributed by atoms with E-state index >= 15 is 0 Å². The van der Waals surface area contributed by atoms with Crippen molar-refractivity contribution in [2.24, 2.45) is 0 Å². The predicted molar refractivity (Wildman–Crippen MR) is 100 cm³/mol. The number of non-ortho nitro benzene ring substituents is 1. The molecule has 0 aliphatic heterocycles. The molecule has 0 bridgehead atoms. The highest BCUT2D eigenvalue weighted by Crippen LogP contribution is 2.26. The lowest BCUT2D eigenvalue weighted by molar-refractivity contribution is -0.384. The largest absolute Gasteiger partial charge is 0.321 e. The van der Waals surface area contributed by atoms with Crippen molar-refractivity contribution >= 4 is 33.0 Å². The maximum Gasteiger partial charge on any atom is 0.271 e. The second-order valence-electron chi connectivity index (χ2n) is 5.89. The standard InChI is InChI=1S/C17H19N3O5S/c1-11-8-9-13(20(22)23)10-15(11)18-17(21)14-6-5-7-16(12(14)2)19(3)26(4,24)25/h5-10H,1-4H3,(H,18,21). The Hall–Kier alpha value is -2.94. The number of nitro groups is 1. The zero-order chi connectivity index (χ0) is 19.6. The number of amides is 1. The highest BCUT2D eigenvalue weighted by molar-refractivity contribution is 7.92. The van der Waals surface area contributed by atoms with E-state index in [-0.39, 0.29) is 11.3 Å². The van der Waals surface area contributed by atoms with Gasteiger partial charge in [0.1, 0.15) is 0 Å². The fourth-order valence-corrected chi connectivity index (χ4v) is 2.99. The molecule has 1 amide bonds. The van der Waals surface area contributed by atoms with Gasteiger partial charge in [0, 0.05) is 24.7 Å². The molecule has 9 heteroatoms. The molecule has 0 fully saturated rings. The summed E-state index contributed by atoms with van der Waals surface area (Å²) in [5.74, 6) is -0.477. The summed E-state index contributed by atoms with van der Waals surface area (Å²) in [7, 11) is -2.07. The van der Waals surface area contributed by atoms with Crippen molar-refractivity contribution < 1.29 is 18.1 Å². The topological polar surface area (TPSA) is 110 Å². The van der Waals surface area contributed by atoms with Crippen LogP contribution in [0.4, 0.5) is 17.1 Å². The second-order valence-corrected chi connectivity index (χ2v) is 7.90. The second kappa shape index (κ2) is 7.12. The molecule has 0 atom stereocenters. The molecule has 8 nitrogen and oxygen atoms in total. The van der Waals surface area contributed by atoms with Gasteiger partial charge in [0.15, 0.2) is 0 Å². The van der Waals surface area contributed by atoms with Gasteiger partial charge in [0.05, 0.1) is 22.6 Å². The lowest BCUT2D eigenvalue weighted by Crippen LogP contribution is -2.26. The number of nitrogens with one attached hydrogen (secondary N) is 1. The summed E-state index contributed by atoms with van der Waals surface area (Å²) in [5.41, 5.74) is 2.02. The van der Waals surface area contributed by atoms with Crippen LogP contribution in [0.3, 0.4) is 0 Å². The maximum absolute atomic E-state index is 12.6. The Morgan fingerprint density at radius 2 is 1.85 bits per heavy atom.